The number of nitrogens with one attached hydrogen (secondary N) is 1. The normalized spacial score (nSPS) is 11.5. The molecule has 0 radical (unpaired) electrons. The molecule has 0 saturated carbocycles. The Labute approximate surface area is 178 Å². The Morgan fingerprint density at radius 2 is 1.87 bits per heavy atom. The van der Waals surface area contributed by atoms with Crippen LogP contribution in [0.1, 0.15) is 21.7 Å². The van der Waals surface area contributed by atoms with Crippen LogP contribution < -0.4 is 5.32 Å². The lowest BCUT2D eigenvalue weighted by Gasteiger charge is -2.09. The lowest BCUT2D eigenvalue weighted by Crippen LogP contribution is -2.22. The zero-order valence-electron chi connectivity index (χ0n) is 15.9. The highest BCUT2D eigenvalue weighted by Crippen LogP contribution is 2.26. The van der Waals surface area contributed by atoms with Gasteiger partial charge >= 0.3 is 0 Å². The number of carbonyl (C=O) groups is 1. The first-order valence-electron chi connectivity index (χ1n) is 9.06. The van der Waals surface area contributed by atoms with E-state index in [1.807, 2.05) is 0 Å². The molecule has 0 spiro atoms. The van der Waals surface area contributed by atoms with Gasteiger partial charge in [-0.2, -0.15) is 0 Å². The second-order valence-corrected chi connectivity index (χ2v) is 9.12. The maximum atomic E-state index is 12.9. The minimum Gasteiger partial charge on any atom is -0.449 e. The molecule has 30 heavy (non-hydrogen) atoms. The van der Waals surface area contributed by atoms with Gasteiger partial charge in [0.05, 0.1) is 16.0 Å². The molecule has 2 aromatic carbocycles. The number of aromatic nitrogens is 1. The molecule has 0 saturated heterocycles. The van der Waals surface area contributed by atoms with Crippen molar-refractivity contribution in [1.82, 2.24) is 10.3 Å². The van der Waals surface area contributed by atoms with E-state index in [2.05, 4.69) is 10.3 Å². The number of hydrogen-bond donors (Lipinski definition) is 1. The third kappa shape index (κ3) is 3.94. The Morgan fingerprint density at radius 3 is 2.57 bits per heavy atom. The summed E-state index contributed by atoms with van der Waals surface area (Å²) in [6, 6.07) is 14.5. The third-order valence-corrected chi connectivity index (χ3v) is 6.82. The summed E-state index contributed by atoms with van der Waals surface area (Å²) in [5.74, 6) is -0.171. The Balaban J connectivity index is 1.47. The molecule has 0 aliphatic heterocycles. The molecular formula is C22H17ClN2O4S. The van der Waals surface area contributed by atoms with Crippen LogP contribution in [0.5, 0.6) is 0 Å². The summed E-state index contributed by atoms with van der Waals surface area (Å²) in [5.41, 5.74) is 1.88. The molecule has 4 aromatic rings. The van der Waals surface area contributed by atoms with Gasteiger partial charge in [0, 0.05) is 23.2 Å². The molecule has 0 atom stereocenters. The standard InChI is InChI=1S/C22H17ClN2O4S/c1-14-10-17(23)4-7-21(14)30(27,28)18-5-2-15(3-6-18)12-25-22(26)19-11-16-8-9-24-13-20(16)29-19/h2-11,13H,12H2,1H3,(H,25,26). The summed E-state index contributed by atoms with van der Waals surface area (Å²) in [6.07, 6.45) is 3.17. The molecule has 1 N–H and O–H groups in total. The number of rotatable bonds is 5. The zero-order chi connectivity index (χ0) is 21.3. The van der Waals surface area contributed by atoms with Gasteiger partial charge in [0.15, 0.2) is 11.3 Å². The highest BCUT2D eigenvalue weighted by Gasteiger charge is 2.20. The topological polar surface area (TPSA) is 89.3 Å². The summed E-state index contributed by atoms with van der Waals surface area (Å²) in [4.78, 5) is 16.7. The van der Waals surface area contributed by atoms with Crippen LogP contribution in [-0.2, 0) is 16.4 Å². The van der Waals surface area contributed by atoms with Crippen LogP contribution >= 0.6 is 11.6 Å². The molecule has 8 heteroatoms. The predicted molar refractivity (Wildman–Crippen MR) is 113 cm³/mol. The smallest absolute Gasteiger partial charge is 0.287 e. The maximum absolute atomic E-state index is 12.9. The molecule has 0 fully saturated rings. The zero-order valence-corrected chi connectivity index (χ0v) is 17.5. The minimum atomic E-state index is -3.66. The molecular weight excluding hydrogens is 424 g/mol. The fourth-order valence-electron chi connectivity index (χ4n) is 3.09. The molecule has 4 rings (SSSR count). The van der Waals surface area contributed by atoms with Crippen LogP contribution in [0.2, 0.25) is 5.02 Å². The summed E-state index contributed by atoms with van der Waals surface area (Å²) in [5, 5.41) is 4.04. The summed E-state index contributed by atoms with van der Waals surface area (Å²) in [6.45, 7) is 1.94. The van der Waals surface area contributed by atoms with Gasteiger partial charge in [-0.3, -0.25) is 9.78 Å². The van der Waals surface area contributed by atoms with Crippen molar-refractivity contribution in [2.45, 2.75) is 23.3 Å². The quantitative estimate of drug-likeness (QED) is 0.491. The predicted octanol–water partition coefficient (Wildman–Crippen LogP) is 4.55. The largest absolute Gasteiger partial charge is 0.449 e. The lowest BCUT2D eigenvalue weighted by molar-refractivity contribution is 0.0925. The summed E-state index contributed by atoms with van der Waals surface area (Å²) in [7, 11) is -3.66. The average Bonchev–Trinajstić information content (AvgIpc) is 3.16. The number of fused-ring (bicyclic) bond motifs is 1. The van der Waals surface area contributed by atoms with E-state index in [0.29, 0.717) is 16.2 Å². The second-order valence-electron chi connectivity index (χ2n) is 6.76. The highest BCUT2D eigenvalue weighted by atomic mass is 35.5. The number of benzene rings is 2. The molecule has 2 aromatic heterocycles. The molecule has 0 aliphatic rings. The van der Waals surface area contributed by atoms with Crippen molar-refractivity contribution in [1.29, 1.82) is 0 Å². The number of pyridine rings is 1. The van der Waals surface area contributed by atoms with E-state index in [1.165, 1.54) is 18.2 Å². The number of sulfone groups is 1. The van der Waals surface area contributed by atoms with Gasteiger partial charge in [0.25, 0.3) is 5.91 Å². The molecule has 1 amide bonds. The van der Waals surface area contributed by atoms with Crippen molar-refractivity contribution in [2.24, 2.45) is 0 Å². The molecule has 152 valence electrons. The van der Waals surface area contributed by atoms with Crippen LogP contribution in [0, 0.1) is 6.92 Å². The number of hydrogen-bond acceptors (Lipinski definition) is 5. The van der Waals surface area contributed by atoms with Crippen LogP contribution in [0.4, 0.5) is 0 Å². The van der Waals surface area contributed by atoms with Crippen LogP contribution in [0.15, 0.2) is 81.2 Å². The van der Waals surface area contributed by atoms with Gasteiger partial charge in [-0.15, -0.1) is 0 Å². The highest BCUT2D eigenvalue weighted by molar-refractivity contribution is 7.91. The van der Waals surface area contributed by atoms with E-state index >= 15 is 0 Å². The molecule has 2 heterocycles. The summed E-state index contributed by atoms with van der Waals surface area (Å²) >= 11 is 5.92. The molecule has 0 aliphatic carbocycles. The number of aryl methyl sites for hydroxylation is 1. The number of furan rings is 1. The number of halogens is 1. The van der Waals surface area contributed by atoms with E-state index in [4.69, 9.17) is 16.0 Å². The first-order valence-corrected chi connectivity index (χ1v) is 10.9. The molecule has 0 bridgehead atoms. The first-order chi connectivity index (χ1) is 14.3. The van der Waals surface area contributed by atoms with Crippen LogP contribution in [0.3, 0.4) is 0 Å². The number of carbonyl (C=O) groups excluding carboxylic acids is 1. The van der Waals surface area contributed by atoms with E-state index in [1.54, 1.807) is 55.7 Å². The van der Waals surface area contributed by atoms with Gasteiger partial charge in [-0.1, -0.05) is 23.7 Å². The Bertz CT molecular complexity index is 1310. The fourth-order valence-corrected chi connectivity index (χ4v) is 4.80. The fraction of sp³-hybridized carbons (Fsp3) is 0.0909. The van der Waals surface area contributed by atoms with Crippen molar-refractivity contribution in [3.05, 3.63) is 88.9 Å². The van der Waals surface area contributed by atoms with Gasteiger partial charge in [-0.05, 0) is 60.5 Å². The van der Waals surface area contributed by atoms with Crippen molar-refractivity contribution in [3.63, 3.8) is 0 Å². The van der Waals surface area contributed by atoms with Gasteiger partial charge in [0.1, 0.15) is 0 Å². The van der Waals surface area contributed by atoms with Gasteiger partial charge < -0.3 is 9.73 Å². The maximum Gasteiger partial charge on any atom is 0.287 e. The van der Waals surface area contributed by atoms with E-state index in [0.717, 1.165) is 10.9 Å². The van der Waals surface area contributed by atoms with E-state index < -0.39 is 9.84 Å². The lowest BCUT2D eigenvalue weighted by atomic mass is 10.2. The van der Waals surface area contributed by atoms with Crippen molar-refractivity contribution >= 4 is 38.3 Å². The third-order valence-electron chi connectivity index (χ3n) is 4.66. The van der Waals surface area contributed by atoms with Gasteiger partial charge in [0.2, 0.25) is 9.84 Å². The van der Waals surface area contributed by atoms with Gasteiger partial charge in [-0.25, -0.2) is 8.42 Å². The summed E-state index contributed by atoms with van der Waals surface area (Å²) < 4.78 is 31.3. The Kier molecular flexibility index (Phi) is 5.32. The van der Waals surface area contributed by atoms with E-state index in [9.17, 15) is 13.2 Å². The minimum absolute atomic E-state index is 0.174. The average molecular weight is 441 g/mol. The Morgan fingerprint density at radius 1 is 1.10 bits per heavy atom. The van der Waals surface area contributed by atoms with Crippen LogP contribution in [-0.4, -0.2) is 19.3 Å². The van der Waals surface area contributed by atoms with Crippen molar-refractivity contribution in [3.8, 4) is 0 Å². The number of amides is 1. The number of nitrogens with zero attached hydrogens (tertiary/aromatic N) is 1. The first kappa shape index (κ1) is 20.1. The molecule has 6 nitrogen and oxygen atoms in total. The SMILES string of the molecule is Cc1cc(Cl)ccc1S(=O)(=O)c1ccc(CNC(=O)c2cc3ccncc3o2)cc1. The molecule has 0 unspecified atom stereocenters. The van der Waals surface area contributed by atoms with Crippen molar-refractivity contribution < 1.29 is 17.6 Å². The van der Waals surface area contributed by atoms with Crippen molar-refractivity contribution in [2.75, 3.05) is 0 Å². The van der Waals surface area contributed by atoms with Crippen LogP contribution in [0.25, 0.3) is 11.0 Å². The second kappa shape index (κ2) is 7.93. The van der Waals surface area contributed by atoms with E-state index in [-0.39, 0.29) is 28.0 Å². The monoisotopic (exact) mass is 440 g/mol. The Hall–Kier alpha value is -3.16.